The standard InChI is InChI=1S/C14H20ClNO2/c1-10-7-12(15)3-4-13(10)18-14(9-17-2)11-5-6-16-8-11/h3-4,7,11,14,16H,5-6,8-9H2,1-2H3. The topological polar surface area (TPSA) is 30.5 Å². The average Bonchev–Trinajstić information content (AvgIpc) is 2.85. The number of halogens is 1. The molecule has 2 atom stereocenters. The minimum atomic E-state index is 0.102. The van der Waals surface area contributed by atoms with Crippen molar-refractivity contribution in [2.45, 2.75) is 19.4 Å². The second kappa shape index (κ2) is 6.41. The van der Waals surface area contributed by atoms with Crippen LogP contribution in [0.2, 0.25) is 5.02 Å². The molecule has 4 heteroatoms. The Bertz CT molecular complexity index is 391. The van der Waals surface area contributed by atoms with Crippen molar-refractivity contribution in [3.05, 3.63) is 28.8 Å². The lowest BCUT2D eigenvalue weighted by Crippen LogP contribution is -2.33. The zero-order chi connectivity index (χ0) is 13.0. The zero-order valence-corrected chi connectivity index (χ0v) is 11.7. The first kappa shape index (κ1) is 13.7. The molecule has 0 aliphatic carbocycles. The SMILES string of the molecule is COCC(Oc1ccc(Cl)cc1C)C1CCNC1. The normalized spacial score (nSPS) is 20.9. The molecular weight excluding hydrogens is 250 g/mol. The molecule has 2 rings (SSSR count). The van der Waals surface area contributed by atoms with E-state index < -0.39 is 0 Å². The van der Waals surface area contributed by atoms with Crippen molar-refractivity contribution < 1.29 is 9.47 Å². The summed E-state index contributed by atoms with van der Waals surface area (Å²) in [6.45, 7) is 4.70. The van der Waals surface area contributed by atoms with E-state index >= 15 is 0 Å². The van der Waals surface area contributed by atoms with Gasteiger partial charge in [-0.05, 0) is 43.7 Å². The van der Waals surface area contributed by atoms with Gasteiger partial charge in [0.05, 0.1) is 6.61 Å². The Kier molecular flexibility index (Phi) is 4.87. The van der Waals surface area contributed by atoms with Crippen LogP contribution in [-0.2, 0) is 4.74 Å². The summed E-state index contributed by atoms with van der Waals surface area (Å²) < 4.78 is 11.4. The molecule has 0 saturated carbocycles. The largest absolute Gasteiger partial charge is 0.487 e. The summed E-state index contributed by atoms with van der Waals surface area (Å²) in [5.74, 6) is 1.41. The molecule has 1 aromatic carbocycles. The second-order valence-electron chi connectivity index (χ2n) is 4.77. The van der Waals surface area contributed by atoms with Crippen LogP contribution in [0.3, 0.4) is 0 Å². The fourth-order valence-electron chi connectivity index (χ4n) is 2.33. The maximum absolute atomic E-state index is 6.10. The molecule has 18 heavy (non-hydrogen) atoms. The maximum Gasteiger partial charge on any atom is 0.126 e. The second-order valence-corrected chi connectivity index (χ2v) is 5.21. The Morgan fingerprint density at radius 1 is 1.50 bits per heavy atom. The number of methoxy groups -OCH3 is 1. The van der Waals surface area contributed by atoms with E-state index in [1.54, 1.807) is 7.11 Å². The van der Waals surface area contributed by atoms with Crippen molar-refractivity contribution in [1.29, 1.82) is 0 Å². The zero-order valence-electron chi connectivity index (χ0n) is 10.9. The van der Waals surface area contributed by atoms with Gasteiger partial charge in [-0.3, -0.25) is 0 Å². The Labute approximate surface area is 113 Å². The lowest BCUT2D eigenvalue weighted by molar-refractivity contribution is 0.0478. The van der Waals surface area contributed by atoms with Gasteiger partial charge in [-0.1, -0.05) is 11.6 Å². The fourth-order valence-corrected chi connectivity index (χ4v) is 2.56. The first-order valence-electron chi connectivity index (χ1n) is 6.33. The van der Waals surface area contributed by atoms with Crippen molar-refractivity contribution in [3.8, 4) is 5.75 Å². The highest BCUT2D eigenvalue weighted by Gasteiger charge is 2.26. The lowest BCUT2D eigenvalue weighted by Gasteiger charge is -2.24. The molecule has 0 bridgehead atoms. The number of aryl methyl sites for hydroxylation is 1. The van der Waals surface area contributed by atoms with Gasteiger partial charge in [0.2, 0.25) is 0 Å². The predicted molar refractivity (Wildman–Crippen MR) is 73.5 cm³/mol. The van der Waals surface area contributed by atoms with Crippen LogP contribution in [0.25, 0.3) is 0 Å². The molecule has 0 amide bonds. The summed E-state index contributed by atoms with van der Waals surface area (Å²) in [6.07, 6.45) is 1.24. The van der Waals surface area contributed by atoms with E-state index in [-0.39, 0.29) is 6.10 Å². The minimum Gasteiger partial charge on any atom is -0.487 e. The molecular formula is C14H20ClNO2. The first-order chi connectivity index (χ1) is 8.70. The summed E-state index contributed by atoms with van der Waals surface area (Å²) in [5.41, 5.74) is 1.06. The molecule has 1 heterocycles. The number of rotatable bonds is 5. The Hall–Kier alpha value is -0.770. The Morgan fingerprint density at radius 2 is 2.33 bits per heavy atom. The van der Waals surface area contributed by atoms with Crippen molar-refractivity contribution in [2.24, 2.45) is 5.92 Å². The molecule has 1 aliphatic heterocycles. The Morgan fingerprint density at radius 3 is 2.94 bits per heavy atom. The number of hydrogen-bond donors (Lipinski definition) is 1. The molecule has 100 valence electrons. The molecule has 1 fully saturated rings. The third kappa shape index (κ3) is 3.37. The quantitative estimate of drug-likeness (QED) is 0.891. The average molecular weight is 270 g/mol. The van der Waals surface area contributed by atoms with Gasteiger partial charge in [-0.25, -0.2) is 0 Å². The van der Waals surface area contributed by atoms with Gasteiger partial charge < -0.3 is 14.8 Å². The number of benzene rings is 1. The molecule has 1 aromatic rings. The predicted octanol–water partition coefficient (Wildman–Crippen LogP) is 2.65. The number of nitrogens with one attached hydrogen (secondary N) is 1. The van der Waals surface area contributed by atoms with Crippen molar-refractivity contribution in [1.82, 2.24) is 5.32 Å². The van der Waals surface area contributed by atoms with E-state index in [0.717, 1.165) is 35.8 Å². The molecule has 0 aromatic heterocycles. The van der Waals surface area contributed by atoms with Crippen LogP contribution in [0.1, 0.15) is 12.0 Å². The molecule has 1 saturated heterocycles. The highest BCUT2D eigenvalue weighted by atomic mass is 35.5. The minimum absolute atomic E-state index is 0.102. The van der Waals surface area contributed by atoms with Gasteiger partial charge in [0.1, 0.15) is 11.9 Å². The van der Waals surface area contributed by atoms with Crippen LogP contribution in [0.5, 0.6) is 5.75 Å². The summed E-state index contributed by atoms with van der Waals surface area (Å²) >= 11 is 5.95. The molecule has 0 spiro atoms. The lowest BCUT2D eigenvalue weighted by atomic mass is 10.0. The number of ether oxygens (including phenoxy) is 2. The van der Waals surface area contributed by atoms with Gasteiger partial charge in [-0.15, -0.1) is 0 Å². The third-order valence-electron chi connectivity index (χ3n) is 3.37. The smallest absolute Gasteiger partial charge is 0.126 e. The third-order valence-corrected chi connectivity index (χ3v) is 3.61. The molecule has 3 nitrogen and oxygen atoms in total. The van der Waals surface area contributed by atoms with Crippen molar-refractivity contribution in [2.75, 3.05) is 26.8 Å². The Balaban J connectivity index is 2.07. The fraction of sp³-hybridized carbons (Fsp3) is 0.571. The van der Waals surface area contributed by atoms with Gasteiger partial charge in [0.25, 0.3) is 0 Å². The summed E-state index contributed by atoms with van der Waals surface area (Å²) in [4.78, 5) is 0. The highest BCUT2D eigenvalue weighted by Crippen LogP contribution is 2.26. The molecule has 2 unspecified atom stereocenters. The molecule has 1 aliphatic rings. The highest BCUT2D eigenvalue weighted by molar-refractivity contribution is 6.30. The van der Waals surface area contributed by atoms with Crippen molar-refractivity contribution >= 4 is 11.6 Å². The van der Waals surface area contributed by atoms with Crippen LogP contribution in [0, 0.1) is 12.8 Å². The monoisotopic (exact) mass is 269 g/mol. The summed E-state index contributed by atoms with van der Waals surface area (Å²) in [6, 6.07) is 5.72. The van der Waals surface area contributed by atoms with Gasteiger partial charge in [0.15, 0.2) is 0 Å². The molecule has 1 N–H and O–H groups in total. The van der Waals surface area contributed by atoms with Crippen molar-refractivity contribution in [3.63, 3.8) is 0 Å². The van der Waals surface area contributed by atoms with Gasteiger partial charge in [0, 0.05) is 24.6 Å². The van der Waals surface area contributed by atoms with Crippen LogP contribution in [0.15, 0.2) is 18.2 Å². The number of hydrogen-bond acceptors (Lipinski definition) is 3. The van der Waals surface area contributed by atoms with Crippen LogP contribution < -0.4 is 10.1 Å². The van der Waals surface area contributed by atoms with E-state index in [1.165, 1.54) is 0 Å². The van der Waals surface area contributed by atoms with Crippen LogP contribution in [0.4, 0.5) is 0 Å². The summed E-state index contributed by atoms with van der Waals surface area (Å²) in [5, 5.41) is 4.11. The van der Waals surface area contributed by atoms with E-state index in [9.17, 15) is 0 Å². The van der Waals surface area contributed by atoms with Crippen LogP contribution >= 0.6 is 11.6 Å². The van der Waals surface area contributed by atoms with Gasteiger partial charge >= 0.3 is 0 Å². The first-order valence-corrected chi connectivity index (χ1v) is 6.71. The maximum atomic E-state index is 6.10. The van der Waals surface area contributed by atoms with E-state index in [4.69, 9.17) is 21.1 Å². The van der Waals surface area contributed by atoms with E-state index in [0.29, 0.717) is 12.5 Å². The molecule has 0 radical (unpaired) electrons. The summed E-state index contributed by atoms with van der Waals surface area (Å²) in [7, 11) is 1.72. The van der Waals surface area contributed by atoms with E-state index in [2.05, 4.69) is 5.32 Å². The van der Waals surface area contributed by atoms with Gasteiger partial charge in [-0.2, -0.15) is 0 Å². The van der Waals surface area contributed by atoms with E-state index in [1.807, 2.05) is 25.1 Å². The van der Waals surface area contributed by atoms with Crippen LogP contribution in [-0.4, -0.2) is 32.9 Å².